The molecule has 178 valence electrons. The number of nitrogens with zero attached hydrogens (tertiary/aromatic N) is 3. The van der Waals surface area contributed by atoms with E-state index in [1.54, 1.807) is 18.0 Å². The van der Waals surface area contributed by atoms with E-state index in [-0.39, 0.29) is 12.1 Å². The summed E-state index contributed by atoms with van der Waals surface area (Å²) in [5.41, 5.74) is 2.47. The van der Waals surface area contributed by atoms with Gasteiger partial charge in [-0.3, -0.25) is 9.59 Å². The number of aliphatic hydroxyl groups excluding tert-OH is 1. The van der Waals surface area contributed by atoms with Crippen molar-refractivity contribution >= 4 is 23.0 Å². The number of hydrogen-bond donors (Lipinski definition) is 3. The fraction of sp³-hybridized carbons (Fsp3) is 0.308. The zero-order valence-electron chi connectivity index (χ0n) is 19.6. The lowest BCUT2D eigenvalue weighted by atomic mass is 10.1. The number of nitrogens with one attached hydrogen (secondary N) is 2. The van der Waals surface area contributed by atoms with E-state index in [1.807, 2.05) is 54.6 Å². The number of rotatable bonds is 7. The molecule has 0 saturated carbocycles. The molecule has 3 N–H and O–H groups in total. The molecular formula is C26H31N5O3. The molecule has 1 saturated heterocycles. The molecule has 4 rings (SSSR count). The molecule has 34 heavy (non-hydrogen) atoms. The summed E-state index contributed by atoms with van der Waals surface area (Å²) in [7, 11) is 3.87. The number of likely N-dealkylation sites (N-methyl/N-ethyl adjacent to an activating group) is 2. The van der Waals surface area contributed by atoms with E-state index < -0.39 is 17.6 Å². The molecule has 0 radical (unpaired) electrons. The fourth-order valence-corrected chi connectivity index (χ4v) is 4.16. The minimum atomic E-state index is -0.761. The van der Waals surface area contributed by atoms with Gasteiger partial charge in [0.05, 0.1) is 11.8 Å². The summed E-state index contributed by atoms with van der Waals surface area (Å²) in [6, 6.07) is 18.6. The Hall–Kier alpha value is -3.62. The van der Waals surface area contributed by atoms with Crippen LogP contribution < -0.4 is 20.7 Å². The number of pyridine rings is 1. The van der Waals surface area contributed by atoms with Crippen molar-refractivity contribution in [3.63, 3.8) is 0 Å². The summed E-state index contributed by atoms with van der Waals surface area (Å²) in [6.45, 7) is 4.20. The maximum atomic E-state index is 13.1. The third-order valence-electron chi connectivity index (χ3n) is 6.20. The highest BCUT2D eigenvalue weighted by Gasteiger charge is 2.21. The quantitative estimate of drug-likeness (QED) is 0.501. The highest BCUT2D eigenvalue weighted by atomic mass is 16.3. The first-order valence-electron chi connectivity index (χ1n) is 11.4. The number of H-pyrrole nitrogens is 1. The van der Waals surface area contributed by atoms with E-state index in [0.717, 1.165) is 37.4 Å². The van der Waals surface area contributed by atoms with E-state index in [4.69, 9.17) is 0 Å². The van der Waals surface area contributed by atoms with Gasteiger partial charge in [0.2, 0.25) is 0 Å². The van der Waals surface area contributed by atoms with Crippen LogP contribution in [-0.2, 0) is 0 Å². The Balaban J connectivity index is 1.47. The normalized spacial score (nSPS) is 15.1. The first-order valence-corrected chi connectivity index (χ1v) is 11.4. The number of amides is 1. The highest BCUT2D eigenvalue weighted by molar-refractivity contribution is 6.07. The number of aliphatic hydroxyl groups is 1. The summed E-state index contributed by atoms with van der Waals surface area (Å²) in [6.07, 6.45) is 0.744. The van der Waals surface area contributed by atoms with Crippen LogP contribution in [0.5, 0.6) is 0 Å². The summed E-state index contributed by atoms with van der Waals surface area (Å²) < 4.78 is 0. The predicted octanol–water partition coefficient (Wildman–Crippen LogP) is 2.55. The van der Waals surface area contributed by atoms with Gasteiger partial charge < -0.3 is 30.1 Å². The van der Waals surface area contributed by atoms with Gasteiger partial charge >= 0.3 is 0 Å². The van der Waals surface area contributed by atoms with Crippen molar-refractivity contribution in [2.45, 2.75) is 6.10 Å². The Morgan fingerprint density at radius 1 is 1.06 bits per heavy atom. The largest absolute Gasteiger partial charge is 0.387 e. The second-order valence-corrected chi connectivity index (χ2v) is 8.67. The molecule has 1 atom stereocenters. The average molecular weight is 462 g/mol. The van der Waals surface area contributed by atoms with E-state index in [0.29, 0.717) is 11.4 Å². The van der Waals surface area contributed by atoms with Crippen LogP contribution in [0.2, 0.25) is 0 Å². The van der Waals surface area contributed by atoms with E-state index in [9.17, 15) is 14.7 Å². The summed E-state index contributed by atoms with van der Waals surface area (Å²) in [5, 5.41) is 13.4. The summed E-state index contributed by atoms with van der Waals surface area (Å²) in [4.78, 5) is 34.6. The molecule has 1 aliphatic rings. The van der Waals surface area contributed by atoms with Crippen LogP contribution in [0.25, 0.3) is 0 Å². The number of aromatic amines is 1. The molecule has 0 aliphatic carbocycles. The van der Waals surface area contributed by atoms with Gasteiger partial charge in [0, 0.05) is 57.3 Å². The fourth-order valence-electron chi connectivity index (χ4n) is 4.16. The van der Waals surface area contributed by atoms with Crippen molar-refractivity contribution in [1.82, 2.24) is 9.88 Å². The van der Waals surface area contributed by atoms with E-state index >= 15 is 0 Å². The molecular weight excluding hydrogens is 430 g/mol. The lowest BCUT2D eigenvalue weighted by Crippen LogP contribution is -2.44. The molecule has 0 bridgehead atoms. The number of carbonyl (C=O) groups is 1. The standard InChI is InChI=1S/C26H31N5O3/c1-29-14-16-31(17-15-29)21-10-8-20(9-11-21)28-26(34)24-22(12-13-27-25(24)33)30(2)18-23(32)19-6-4-3-5-7-19/h3-13,23,32H,14-18H2,1-2H3,(H,27,33)(H,28,34). The number of aromatic nitrogens is 1. The zero-order chi connectivity index (χ0) is 24.1. The average Bonchev–Trinajstić information content (AvgIpc) is 2.85. The van der Waals surface area contributed by atoms with Crippen molar-refractivity contribution in [3.05, 3.63) is 88.3 Å². The minimum absolute atomic E-state index is 0.00778. The smallest absolute Gasteiger partial charge is 0.263 e. The van der Waals surface area contributed by atoms with Gasteiger partial charge in [0.1, 0.15) is 5.56 Å². The molecule has 8 nitrogen and oxygen atoms in total. The van der Waals surface area contributed by atoms with Crippen LogP contribution in [0.3, 0.4) is 0 Å². The first-order chi connectivity index (χ1) is 16.4. The van der Waals surface area contributed by atoms with Crippen LogP contribution >= 0.6 is 0 Å². The second-order valence-electron chi connectivity index (χ2n) is 8.67. The Kier molecular flexibility index (Phi) is 7.30. The van der Waals surface area contributed by atoms with Gasteiger partial charge in [0.25, 0.3) is 11.5 Å². The Morgan fingerprint density at radius 2 is 1.74 bits per heavy atom. The third kappa shape index (κ3) is 5.47. The van der Waals surface area contributed by atoms with Gasteiger partial charge in [-0.15, -0.1) is 0 Å². The molecule has 2 heterocycles. The van der Waals surface area contributed by atoms with E-state index in [2.05, 4.69) is 27.1 Å². The minimum Gasteiger partial charge on any atom is -0.387 e. The lowest BCUT2D eigenvalue weighted by Gasteiger charge is -2.34. The molecule has 1 unspecified atom stereocenters. The molecule has 8 heteroatoms. The van der Waals surface area contributed by atoms with Gasteiger partial charge in [-0.25, -0.2) is 0 Å². The molecule has 1 fully saturated rings. The first kappa shape index (κ1) is 23.5. The maximum Gasteiger partial charge on any atom is 0.263 e. The number of anilines is 3. The summed E-state index contributed by atoms with van der Waals surface area (Å²) in [5.74, 6) is -0.495. The Morgan fingerprint density at radius 3 is 2.41 bits per heavy atom. The van der Waals surface area contributed by atoms with Crippen LogP contribution in [0.1, 0.15) is 22.0 Å². The molecule has 2 aromatic carbocycles. The van der Waals surface area contributed by atoms with Gasteiger partial charge in [-0.1, -0.05) is 30.3 Å². The second kappa shape index (κ2) is 10.5. The number of piperazine rings is 1. The van der Waals surface area contributed by atoms with Crippen molar-refractivity contribution in [2.75, 3.05) is 61.9 Å². The number of carbonyl (C=O) groups excluding carboxylic acids is 1. The van der Waals surface area contributed by atoms with Crippen molar-refractivity contribution < 1.29 is 9.90 Å². The summed E-state index contributed by atoms with van der Waals surface area (Å²) >= 11 is 0. The molecule has 3 aromatic rings. The monoisotopic (exact) mass is 461 g/mol. The van der Waals surface area contributed by atoms with Crippen LogP contribution in [-0.4, -0.2) is 67.7 Å². The SMILES string of the molecule is CN1CCN(c2ccc(NC(=O)c3c(N(C)CC(O)c4ccccc4)cc[nH]c3=O)cc2)CC1. The zero-order valence-corrected chi connectivity index (χ0v) is 19.6. The molecule has 1 aromatic heterocycles. The highest BCUT2D eigenvalue weighted by Crippen LogP contribution is 2.23. The Bertz CT molecular complexity index is 1160. The Labute approximate surface area is 199 Å². The van der Waals surface area contributed by atoms with E-state index in [1.165, 1.54) is 6.20 Å². The molecule has 1 aliphatic heterocycles. The number of hydrogen-bond acceptors (Lipinski definition) is 6. The van der Waals surface area contributed by atoms with Gasteiger partial charge in [0.15, 0.2) is 0 Å². The van der Waals surface area contributed by atoms with Crippen molar-refractivity contribution in [2.24, 2.45) is 0 Å². The van der Waals surface area contributed by atoms with Crippen LogP contribution in [0.4, 0.5) is 17.1 Å². The molecule has 1 amide bonds. The van der Waals surface area contributed by atoms with Crippen molar-refractivity contribution in [3.8, 4) is 0 Å². The van der Waals surface area contributed by atoms with Gasteiger partial charge in [-0.2, -0.15) is 0 Å². The predicted molar refractivity (Wildman–Crippen MR) is 136 cm³/mol. The van der Waals surface area contributed by atoms with Crippen LogP contribution in [0.15, 0.2) is 71.7 Å². The number of benzene rings is 2. The van der Waals surface area contributed by atoms with Crippen molar-refractivity contribution in [1.29, 1.82) is 0 Å². The topological polar surface area (TPSA) is 91.9 Å². The third-order valence-corrected chi connectivity index (χ3v) is 6.20. The lowest BCUT2D eigenvalue weighted by molar-refractivity contribution is 0.102. The molecule has 0 spiro atoms. The maximum absolute atomic E-state index is 13.1. The van der Waals surface area contributed by atoms with Gasteiger partial charge in [-0.05, 0) is 42.9 Å². The van der Waals surface area contributed by atoms with Crippen LogP contribution in [0, 0.1) is 0 Å².